The molecule has 96 valence electrons. The van der Waals surface area contributed by atoms with Gasteiger partial charge < -0.3 is 9.84 Å². The summed E-state index contributed by atoms with van der Waals surface area (Å²) in [7, 11) is -3.18. The van der Waals surface area contributed by atoms with Crippen molar-refractivity contribution in [1.82, 2.24) is 4.72 Å². The highest BCUT2D eigenvalue weighted by Crippen LogP contribution is 2.19. The van der Waals surface area contributed by atoms with Crippen molar-refractivity contribution in [2.45, 2.75) is 32.3 Å². The number of hydrogen-bond donors (Lipinski definition) is 2. The molecule has 0 spiro atoms. The Morgan fingerprint density at radius 1 is 1.44 bits per heavy atom. The van der Waals surface area contributed by atoms with Gasteiger partial charge in [0.15, 0.2) is 0 Å². The highest BCUT2D eigenvalue weighted by Gasteiger charge is 2.25. The summed E-state index contributed by atoms with van der Waals surface area (Å²) in [5.41, 5.74) is 0. The van der Waals surface area contributed by atoms with Crippen LogP contribution in [0.3, 0.4) is 0 Å². The summed E-state index contributed by atoms with van der Waals surface area (Å²) >= 11 is 0. The van der Waals surface area contributed by atoms with Gasteiger partial charge in [0.25, 0.3) is 0 Å². The summed E-state index contributed by atoms with van der Waals surface area (Å²) in [6, 6.07) is 0. The van der Waals surface area contributed by atoms with Crippen LogP contribution in [0.5, 0.6) is 0 Å². The van der Waals surface area contributed by atoms with Gasteiger partial charge in [0, 0.05) is 25.7 Å². The lowest BCUT2D eigenvalue weighted by atomic mass is 10.0. The predicted molar refractivity (Wildman–Crippen MR) is 61.6 cm³/mol. The molecule has 1 aliphatic heterocycles. The zero-order valence-corrected chi connectivity index (χ0v) is 10.5. The van der Waals surface area contributed by atoms with E-state index >= 15 is 0 Å². The average molecular weight is 251 g/mol. The summed E-state index contributed by atoms with van der Waals surface area (Å²) in [5.74, 6) is 0.378. The average Bonchev–Trinajstić information content (AvgIpc) is 2.62. The molecule has 0 aromatic heterocycles. The molecule has 2 unspecified atom stereocenters. The molecule has 0 aromatic rings. The fourth-order valence-electron chi connectivity index (χ4n) is 1.75. The van der Waals surface area contributed by atoms with Crippen molar-refractivity contribution in [3.63, 3.8) is 0 Å². The normalized spacial score (nSPS) is 26.1. The maximum Gasteiger partial charge on any atom is 0.211 e. The zero-order chi connectivity index (χ0) is 12.0. The Labute approximate surface area is 97.2 Å². The summed E-state index contributed by atoms with van der Waals surface area (Å²) in [5, 5.41) is 8.57. The highest BCUT2D eigenvalue weighted by molar-refractivity contribution is 7.89. The summed E-state index contributed by atoms with van der Waals surface area (Å²) < 4.78 is 31.0. The van der Waals surface area contributed by atoms with Crippen molar-refractivity contribution in [2.24, 2.45) is 5.92 Å². The van der Waals surface area contributed by atoms with Crippen molar-refractivity contribution in [3.8, 4) is 0 Å². The Bertz CT molecular complexity index is 291. The zero-order valence-electron chi connectivity index (χ0n) is 9.68. The first-order valence-electron chi connectivity index (χ1n) is 5.75. The van der Waals surface area contributed by atoms with Gasteiger partial charge in [-0.05, 0) is 26.2 Å². The van der Waals surface area contributed by atoms with Crippen LogP contribution >= 0.6 is 0 Å². The number of rotatable bonds is 7. The van der Waals surface area contributed by atoms with Gasteiger partial charge in [-0.1, -0.05) is 0 Å². The number of aliphatic hydroxyl groups excluding tert-OH is 1. The van der Waals surface area contributed by atoms with E-state index in [1.807, 2.05) is 6.92 Å². The smallest absolute Gasteiger partial charge is 0.211 e. The highest BCUT2D eigenvalue weighted by atomic mass is 32.2. The summed E-state index contributed by atoms with van der Waals surface area (Å²) in [4.78, 5) is 0. The van der Waals surface area contributed by atoms with E-state index in [4.69, 9.17) is 9.84 Å². The molecule has 1 rings (SSSR count). The molecule has 1 fully saturated rings. The second kappa shape index (κ2) is 6.54. The van der Waals surface area contributed by atoms with E-state index in [0.717, 1.165) is 13.0 Å². The number of nitrogens with one attached hydrogen (secondary N) is 1. The van der Waals surface area contributed by atoms with Crippen molar-refractivity contribution in [3.05, 3.63) is 0 Å². The molecule has 0 aliphatic carbocycles. The third-order valence-electron chi connectivity index (χ3n) is 2.92. The lowest BCUT2D eigenvalue weighted by molar-refractivity contribution is 0.107. The molecule has 0 radical (unpaired) electrons. The number of unbranched alkanes of at least 4 members (excludes halogenated alkanes) is 1. The van der Waals surface area contributed by atoms with Gasteiger partial charge in [0.2, 0.25) is 10.0 Å². The van der Waals surface area contributed by atoms with Gasteiger partial charge in [-0.15, -0.1) is 0 Å². The molecule has 2 N–H and O–H groups in total. The van der Waals surface area contributed by atoms with Crippen molar-refractivity contribution < 1.29 is 18.3 Å². The van der Waals surface area contributed by atoms with E-state index in [9.17, 15) is 8.42 Å². The molecule has 1 saturated heterocycles. The van der Waals surface area contributed by atoms with Gasteiger partial charge in [-0.25, -0.2) is 13.1 Å². The topological polar surface area (TPSA) is 75.6 Å². The van der Waals surface area contributed by atoms with Crippen LogP contribution in [0.15, 0.2) is 0 Å². The molecule has 6 heteroatoms. The monoisotopic (exact) mass is 251 g/mol. The summed E-state index contributed by atoms with van der Waals surface area (Å²) in [6.07, 6.45) is 2.09. The van der Waals surface area contributed by atoms with Gasteiger partial charge in [-0.2, -0.15) is 0 Å². The van der Waals surface area contributed by atoms with Crippen molar-refractivity contribution in [1.29, 1.82) is 0 Å². The Morgan fingerprint density at radius 3 is 2.75 bits per heavy atom. The molecule has 0 bridgehead atoms. The molecule has 2 atom stereocenters. The first kappa shape index (κ1) is 13.9. The number of ether oxygens (including phenoxy) is 1. The first-order valence-corrected chi connectivity index (χ1v) is 7.40. The molecule has 0 aromatic carbocycles. The predicted octanol–water partition coefficient (Wildman–Crippen LogP) is 0.103. The quantitative estimate of drug-likeness (QED) is 0.629. The van der Waals surface area contributed by atoms with Crippen LogP contribution in [0.4, 0.5) is 0 Å². The second-order valence-corrected chi connectivity index (χ2v) is 6.15. The fraction of sp³-hybridized carbons (Fsp3) is 1.00. The van der Waals surface area contributed by atoms with Crippen molar-refractivity contribution in [2.75, 3.05) is 25.5 Å². The maximum atomic E-state index is 11.5. The van der Waals surface area contributed by atoms with Crippen LogP contribution in [0.25, 0.3) is 0 Å². The minimum Gasteiger partial charge on any atom is -0.396 e. The van der Waals surface area contributed by atoms with Crippen LogP contribution in [-0.4, -0.2) is 45.1 Å². The Balaban J connectivity index is 2.24. The Morgan fingerprint density at radius 2 is 2.19 bits per heavy atom. The lowest BCUT2D eigenvalue weighted by Crippen LogP contribution is -2.33. The SMILES string of the molecule is CC1OCCC1CNS(=O)(=O)CCCCO. The molecular formula is C10H21NO4S. The van der Waals surface area contributed by atoms with E-state index in [-0.39, 0.29) is 24.4 Å². The molecular weight excluding hydrogens is 230 g/mol. The molecule has 0 saturated carbocycles. The molecule has 16 heavy (non-hydrogen) atoms. The van der Waals surface area contributed by atoms with Gasteiger partial charge in [-0.3, -0.25) is 0 Å². The number of hydrogen-bond acceptors (Lipinski definition) is 4. The minimum atomic E-state index is -3.18. The van der Waals surface area contributed by atoms with Gasteiger partial charge in [0.05, 0.1) is 11.9 Å². The van der Waals surface area contributed by atoms with E-state index in [1.165, 1.54) is 0 Å². The van der Waals surface area contributed by atoms with E-state index in [1.54, 1.807) is 0 Å². The van der Waals surface area contributed by atoms with E-state index < -0.39 is 10.0 Å². The third kappa shape index (κ3) is 4.78. The molecule has 1 aliphatic rings. The van der Waals surface area contributed by atoms with Gasteiger partial charge in [0.1, 0.15) is 0 Å². The first-order chi connectivity index (χ1) is 7.55. The Kier molecular flexibility index (Phi) is 5.68. The number of sulfonamides is 1. The maximum absolute atomic E-state index is 11.5. The largest absolute Gasteiger partial charge is 0.396 e. The van der Waals surface area contributed by atoms with Crippen LogP contribution in [-0.2, 0) is 14.8 Å². The van der Waals surface area contributed by atoms with E-state index in [2.05, 4.69) is 4.72 Å². The molecule has 1 heterocycles. The van der Waals surface area contributed by atoms with Crippen LogP contribution in [0.2, 0.25) is 0 Å². The second-order valence-electron chi connectivity index (χ2n) is 4.22. The van der Waals surface area contributed by atoms with Gasteiger partial charge >= 0.3 is 0 Å². The van der Waals surface area contributed by atoms with E-state index in [0.29, 0.717) is 19.4 Å². The van der Waals surface area contributed by atoms with Crippen LogP contribution in [0, 0.1) is 5.92 Å². The fourth-order valence-corrected chi connectivity index (χ4v) is 2.95. The summed E-state index contributed by atoms with van der Waals surface area (Å²) in [6.45, 7) is 3.20. The standard InChI is InChI=1S/C10H21NO4S/c1-9-10(4-6-15-9)8-11-16(13,14)7-3-2-5-12/h9-12H,2-8H2,1H3. The Hall–Kier alpha value is -0.170. The molecule has 0 amide bonds. The number of aliphatic hydroxyl groups is 1. The van der Waals surface area contributed by atoms with Crippen molar-refractivity contribution >= 4 is 10.0 Å². The van der Waals surface area contributed by atoms with Crippen LogP contribution < -0.4 is 4.72 Å². The third-order valence-corrected chi connectivity index (χ3v) is 4.35. The van der Waals surface area contributed by atoms with Crippen LogP contribution in [0.1, 0.15) is 26.2 Å². The molecule has 5 nitrogen and oxygen atoms in total. The lowest BCUT2D eigenvalue weighted by Gasteiger charge is -2.14. The minimum absolute atomic E-state index is 0.0447.